The Morgan fingerprint density at radius 3 is 2.37 bits per heavy atom. The van der Waals surface area contributed by atoms with Crippen LogP contribution >= 0.6 is 9.47 Å². The van der Waals surface area contributed by atoms with Gasteiger partial charge in [-0.15, -0.1) is 0 Å². The summed E-state index contributed by atoms with van der Waals surface area (Å²) in [6.07, 6.45) is 11.7. The highest BCUT2D eigenvalue weighted by Gasteiger charge is 2.33. The van der Waals surface area contributed by atoms with Crippen molar-refractivity contribution in [2.75, 3.05) is 0 Å². The van der Waals surface area contributed by atoms with E-state index in [-0.39, 0.29) is 0 Å². The van der Waals surface area contributed by atoms with Gasteiger partial charge in [0.05, 0.1) is 6.10 Å². The largest absolute Gasteiger partial charge is 0.362 e. The first kappa shape index (κ1) is 17.2. The standard InChI is InChI=1S/C17H33OP/c1-13(2)16(18-19)10-9-14(3)15(4)17(5)11-7-6-8-12-17/h7,11,13-16H,6,8-10,12,19H2,1-5H3/t14-,15-,16?,17-/m1/s1. The second-order valence-electron chi connectivity index (χ2n) is 7.06. The van der Waals surface area contributed by atoms with Gasteiger partial charge in [0.25, 0.3) is 0 Å². The molecule has 0 radical (unpaired) electrons. The molecule has 5 atom stereocenters. The molecule has 0 aromatic rings. The summed E-state index contributed by atoms with van der Waals surface area (Å²) >= 11 is 0. The van der Waals surface area contributed by atoms with E-state index in [2.05, 4.69) is 56.2 Å². The molecule has 0 fully saturated rings. The van der Waals surface area contributed by atoms with Gasteiger partial charge in [0.15, 0.2) is 0 Å². The van der Waals surface area contributed by atoms with Crippen LogP contribution in [0.1, 0.15) is 66.7 Å². The quantitative estimate of drug-likeness (QED) is 0.435. The molecule has 1 nitrogen and oxygen atoms in total. The van der Waals surface area contributed by atoms with E-state index in [0.717, 1.165) is 11.8 Å². The SMILES string of the molecule is CC(C)C(CC[C@@H](C)[C@@H](C)[C@]1(C)C=CCCC1)OP. The van der Waals surface area contributed by atoms with E-state index in [1.54, 1.807) is 0 Å². The summed E-state index contributed by atoms with van der Waals surface area (Å²) in [5.41, 5.74) is 0.410. The summed E-state index contributed by atoms with van der Waals surface area (Å²) in [6, 6.07) is 0. The highest BCUT2D eigenvalue weighted by atomic mass is 31.0. The van der Waals surface area contributed by atoms with Crippen molar-refractivity contribution in [3.8, 4) is 0 Å². The summed E-state index contributed by atoms with van der Waals surface area (Å²) < 4.78 is 5.52. The lowest BCUT2D eigenvalue weighted by molar-refractivity contribution is 0.128. The van der Waals surface area contributed by atoms with Crippen LogP contribution in [0.25, 0.3) is 0 Å². The van der Waals surface area contributed by atoms with Gasteiger partial charge in [-0.05, 0) is 55.3 Å². The van der Waals surface area contributed by atoms with E-state index in [4.69, 9.17) is 4.52 Å². The molecule has 0 saturated heterocycles. The summed E-state index contributed by atoms with van der Waals surface area (Å²) in [6.45, 7) is 11.8. The molecule has 0 saturated carbocycles. The zero-order valence-electron chi connectivity index (χ0n) is 13.5. The smallest absolute Gasteiger partial charge is 0.0633 e. The molecular formula is C17H33OP. The maximum Gasteiger partial charge on any atom is 0.0633 e. The fourth-order valence-corrected chi connectivity index (χ4v) is 3.75. The molecule has 0 aromatic carbocycles. The van der Waals surface area contributed by atoms with Crippen molar-refractivity contribution in [2.45, 2.75) is 72.8 Å². The van der Waals surface area contributed by atoms with Crippen LogP contribution in [0.15, 0.2) is 12.2 Å². The van der Waals surface area contributed by atoms with Gasteiger partial charge in [-0.25, -0.2) is 0 Å². The first-order valence-corrected chi connectivity index (χ1v) is 8.41. The van der Waals surface area contributed by atoms with Crippen molar-refractivity contribution >= 4 is 9.47 Å². The maximum atomic E-state index is 5.52. The molecule has 0 amide bonds. The van der Waals surface area contributed by atoms with E-state index in [9.17, 15) is 0 Å². The topological polar surface area (TPSA) is 9.23 Å². The third kappa shape index (κ3) is 4.87. The lowest BCUT2D eigenvalue weighted by Crippen LogP contribution is -2.30. The van der Waals surface area contributed by atoms with Crippen molar-refractivity contribution < 1.29 is 4.52 Å². The van der Waals surface area contributed by atoms with Crippen molar-refractivity contribution in [3.05, 3.63) is 12.2 Å². The number of rotatable bonds is 7. The van der Waals surface area contributed by atoms with E-state index in [1.165, 1.54) is 32.1 Å². The van der Waals surface area contributed by atoms with Crippen molar-refractivity contribution in [2.24, 2.45) is 23.2 Å². The molecule has 0 bridgehead atoms. The van der Waals surface area contributed by atoms with Crippen LogP contribution in [0.2, 0.25) is 0 Å². The number of hydrogen-bond donors (Lipinski definition) is 0. The van der Waals surface area contributed by atoms with Crippen LogP contribution in [0.5, 0.6) is 0 Å². The molecule has 0 N–H and O–H groups in total. The lowest BCUT2D eigenvalue weighted by atomic mass is 9.66. The third-order valence-corrected chi connectivity index (χ3v) is 5.65. The zero-order chi connectivity index (χ0) is 14.5. The Balaban J connectivity index is 2.50. The molecule has 0 aliphatic heterocycles. The van der Waals surface area contributed by atoms with E-state index >= 15 is 0 Å². The Morgan fingerprint density at radius 2 is 1.89 bits per heavy atom. The predicted octanol–water partition coefficient (Wildman–Crippen LogP) is 5.62. The summed E-state index contributed by atoms with van der Waals surface area (Å²) in [5, 5.41) is 0. The molecule has 1 rings (SSSR count). The molecule has 1 aliphatic rings. The number of hydrogen-bond acceptors (Lipinski definition) is 1. The fourth-order valence-electron chi connectivity index (χ4n) is 3.30. The van der Waals surface area contributed by atoms with Crippen molar-refractivity contribution in [3.63, 3.8) is 0 Å². The zero-order valence-corrected chi connectivity index (χ0v) is 14.6. The monoisotopic (exact) mass is 284 g/mol. The predicted molar refractivity (Wildman–Crippen MR) is 88.1 cm³/mol. The van der Waals surface area contributed by atoms with E-state index in [0.29, 0.717) is 17.4 Å². The minimum Gasteiger partial charge on any atom is -0.362 e. The van der Waals surface area contributed by atoms with Gasteiger partial charge < -0.3 is 4.52 Å². The highest BCUT2D eigenvalue weighted by Crippen LogP contribution is 2.42. The van der Waals surface area contributed by atoms with Crippen molar-refractivity contribution in [1.29, 1.82) is 0 Å². The summed E-state index contributed by atoms with van der Waals surface area (Å²) in [7, 11) is 2.44. The maximum absolute atomic E-state index is 5.52. The Morgan fingerprint density at radius 1 is 1.21 bits per heavy atom. The second-order valence-corrected chi connectivity index (χ2v) is 7.33. The average molecular weight is 284 g/mol. The van der Waals surface area contributed by atoms with Gasteiger partial charge in [-0.2, -0.15) is 0 Å². The summed E-state index contributed by atoms with van der Waals surface area (Å²) in [4.78, 5) is 0. The minimum absolute atomic E-state index is 0.384. The van der Waals surface area contributed by atoms with Gasteiger partial charge in [0, 0.05) is 9.47 Å². The molecule has 0 aromatic heterocycles. The second kappa shape index (κ2) is 7.79. The Hall–Kier alpha value is 0.130. The van der Waals surface area contributed by atoms with Gasteiger partial charge in [-0.3, -0.25) is 0 Å². The number of allylic oxidation sites excluding steroid dienone is 2. The lowest BCUT2D eigenvalue weighted by Gasteiger charge is -2.39. The van der Waals surface area contributed by atoms with Crippen LogP contribution in [-0.2, 0) is 4.52 Å². The Kier molecular flexibility index (Phi) is 7.05. The molecular weight excluding hydrogens is 251 g/mol. The van der Waals surface area contributed by atoms with Crippen LogP contribution in [0.4, 0.5) is 0 Å². The van der Waals surface area contributed by atoms with Crippen molar-refractivity contribution in [1.82, 2.24) is 0 Å². The third-order valence-electron chi connectivity index (χ3n) is 5.30. The minimum atomic E-state index is 0.384. The molecule has 0 heterocycles. The van der Waals surface area contributed by atoms with E-state index < -0.39 is 0 Å². The fraction of sp³-hybridized carbons (Fsp3) is 0.882. The van der Waals surface area contributed by atoms with Crippen LogP contribution < -0.4 is 0 Å². The Labute approximate surface area is 122 Å². The van der Waals surface area contributed by atoms with E-state index in [1.807, 2.05) is 0 Å². The normalized spacial score (nSPS) is 28.4. The van der Waals surface area contributed by atoms with Gasteiger partial charge in [0.1, 0.15) is 0 Å². The molecule has 2 heteroatoms. The Bertz CT molecular complexity index is 287. The molecule has 1 aliphatic carbocycles. The van der Waals surface area contributed by atoms with Gasteiger partial charge in [0.2, 0.25) is 0 Å². The first-order valence-electron chi connectivity index (χ1n) is 7.94. The molecule has 2 unspecified atom stereocenters. The molecule has 19 heavy (non-hydrogen) atoms. The van der Waals surface area contributed by atoms with Gasteiger partial charge >= 0.3 is 0 Å². The van der Waals surface area contributed by atoms with Crippen LogP contribution in [0, 0.1) is 23.2 Å². The first-order chi connectivity index (χ1) is 8.90. The van der Waals surface area contributed by atoms with Crippen LogP contribution in [-0.4, -0.2) is 6.10 Å². The highest BCUT2D eigenvalue weighted by molar-refractivity contribution is 7.09. The molecule has 112 valence electrons. The van der Waals surface area contributed by atoms with Crippen LogP contribution in [0.3, 0.4) is 0 Å². The van der Waals surface area contributed by atoms with Gasteiger partial charge in [-0.1, -0.05) is 46.8 Å². The molecule has 0 spiro atoms. The average Bonchev–Trinajstić information content (AvgIpc) is 2.38. The summed E-state index contributed by atoms with van der Waals surface area (Å²) in [5.74, 6) is 2.11.